The summed E-state index contributed by atoms with van der Waals surface area (Å²) in [5.41, 5.74) is 3.40. The number of esters is 1. The van der Waals surface area contributed by atoms with Crippen LogP contribution in [0.5, 0.6) is 0 Å². The molecule has 5 nitrogen and oxygen atoms in total. The van der Waals surface area contributed by atoms with Crippen molar-refractivity contribution in [2.24, 2.45) is 5.92 Å². The fourth-order valence-electron chi connectivity index (χ4n) is 3.58. The topological polar surface area (TPSA) is 58.6 Å². The summed E-state index contributed by atoms with van der Waals surface area (Å²) in [5, 5.41) is 2.84. The van der Waals surface area contributed by atoms with Gasteiger partial charge in [-0.15, -0.1) is 0 Å². The number of ether oxygens (including phenoxy) is 1. The Morgan fingerprint density at radius 3 is 2.75 bits per heavy atom. The Labute approximate surface area is 176 Å². The number of fused-ring (bicyclic) bond motifs is 1. The molecule has 0 bridgehead atoms. The molecule has 1 N–H and O–H groups in total. The van der Waals surface area contributed by atoms with Crippen LogP contribution in [0.2, 0.25) is 0 Å². The lowest BCUT2D eigenvalue weighted by Crippen LogP contribution is -2.36. The number of piperidine rings is 1. The van der Waals surface area contributed by atoms with Crippen molar-refractivity contribution >= 4 is 45.9 Å². The van der Waals surface area contributed by atoms with E-state index in [1.807, 2.05) is 12.1 Å². The van der Waals surface area contributed by atoms with Gasteiger partial charge in [0.1, 0.15) is 4.32 Å². The van der Waals surface area contributed by atoms with Gasteiger partial charge < -0.3 is 15.0 Å². The number of carbonyl (C=O) groups excluding carboxylic acids is 2. The number of rotatable bonds is 5. The number of thioether (sulfide) groups is 1. The molecule has 1 heterocycles. The zero-order valence-corrected chi connectivity index (χ0v) is 18.2. The lowest BCUT2D eigenvalue weighted by atomic mass is 10.00. The SMILES string of the molecule is CC1CCN(C(=S)SCC(=O)O[C@H](C)C(=O)Nc2ccc3c(c2)CCC3)CC1. The molecule has 1 fully saturated rings. The maximum Gasteiger partial charge on any atom is 0.317 e. The van der Waals surface area contributed by atoms with E-state index in [1.54, 1.807) is 6.92 Å². The summed E-state index contributed by atoms with van der Waals surface area (Å²) in [7, 11) is 0. The molecule has 152 valence electrons. The summed E-state index contributed by atoms with van der Waals surface area (Å²) in [6.07, 6.45) is 4.74. The summed E-state index contributed by atoms with van der Waals surface area (Å²) in [4.78, 5) is 26.6. The van der Waals surface area contributed by atoms with E-state index in [4.69, 9.17) is 17.0 Å². The zero-order chi connectivity index (χ0) is 20.1. The summed E-state index contributed by atoms with van der Waals surface area (Å²) in [6.45, 7) is 5.74. The molecule has 0 saturated carbocycles. The van der Waals surface area contributed by atoms with Gasteiger partial charge in [0, 0.05) is 18.8 Å². The molecule has 3 rings (SSSR count). The van der Waals surface area contributed by atoms with Crippen LogP contribution < -0.4 is 5.32 Å². The van der Waals surface area contributed by atoms with Gasteiger partial charge in [-0.3, -0.25) is 9.59 Å². The van der Waals surface area contributed by atoms with Crippen LogP contribution in [0.3, 0.4) is 0 Å². The van der Waals surface area contributed by atoms with Gasteiger partial charge in [0.15, 0.2) is 6.10 Å². The lowest BCUT2D eigenvalue weighted by Gasteiger charge is -2.31. The molecule has 1 aliphatic carbocycles. The Morgan fingerprint density at radius 2 is 2.00 bits per heavy atom. The van der Waals surface area contributed by atoms with Crippen LogP contribution in [0, 0.1) is 5.92 Å². The Morgan fingerprint density at radius 1 is 1.29 bits per heavy atom. The monoisotopic (exact) mass is 420 g/mol. The molecule has 0 radical (unpaired) electrons. The van der Waals surface area contributed by atoms with E-state index in [-0.39, 0.29) is 11.7 Å². The average molecular weight is 421 g/mol. The molecule has 7 heteroatoms. The largest absolute Gasteiger partial charge is 0.452 e. The molecule has 1 saturated heterocycles. The quantitative estimate of drug-likeness (QED) is 0.578. The van der Waals surface area contributed by atoms with E-state index in [0.29, 0.717) is 0 Å². The van der Waals surface area contributed by atoms with Crippen LogP contribution in [0.25, 0.3) is 0 Å². The smallest absolute Gasteiger partial charge is 0.317 e. The number of likely N-dealkylation sites (tertiary alicyclic amines) is 1. The minimum Gasteiger partial charge on any atom is -0.452 e. The highest BCUT2D eigenvalue weighted by Gasteiger charge is 2.22. The highest BCUT2D eigenvalue weighted by Crippen LogP contribution is 2.25. The number of benzene rings is 1. The van der Waals surface area contributed by atoms with Gasteiger partial charge in [-0.25, -0.2) is 0 Å². The first kappa shape index (κ1) is 21.1. The number of nitrogens with zero attached hydrogens (tertiary/aromatic N) is 1. The Bertz CT molecular complexity index is 745. The van der Waals surface area contributed by atoms with Crippen molar-refractivity contribution in [1.29, 1.82) is 0 Å². The Hall–Kier alpha value is -1.60. The number of nitrogens with one attached hydrogen (secondary N) is 1. The predicted octanol–water partition coefficient (Wildman–Crippen LogP) is 3.80. The third-order valence-electron chi connectivity index (χ3n) is 5.40. The minimum absolute atomic E-state index is 0.126. The van der Waals surface area contributed by atoms with Crippen LogP contribution in [0.1, 0.15) is 44.2 Å². The van der Waals surface area contributed by atoms with Crippen molar-refractivity contribution in [3.05, 3.63) is 29.3 Å². The zero-order valence-electron chi connectivity index (χ0n) is 16.5. The predicted molar refractivity (Wildman–Crippen MR) is 118 cm³/mol. The number of amides is 1. The van der Waals surface area contributed by atoms with Crippen molar-refractivity contribution in [3.63, 3.8) is 0 Å². The number of anilines is 1. The molecule has 1 aliphatic heterocycles. The maximum atomic E-state index is 12.3. The molecule has 2 aliphatic rings. The summed E-state index contributed by atoms with van der Waals surface area (Å²) < 4.78 is 6.02. The number of hydrogen-bond donors (Lipinski definition) is 1. The fourth-order valence-corrected chi connectivity index (χ4v) is 4.62. The van der Waals surface area contributed by atoms with Gasteiger partial charge in [-0.2, -0.15) is 0 Å². The van der Waals surface area contributed by atoms with Crippen LogP contribution in [-0.2, 0) is 27.2 Å². The van der Waals surface area contributed by atoms with Crippen LogP contribution >= 0.6 is 24.0 Å². The van der Waals surface area contributed by atoms with Gasteiger partial charge in [-0.05, 0) is 68.2 Å². The highest BCUT2D eigenvalue weighted by molar-refractivity contribution is 8.23. The van der Waals surface area contributed by atoms with E-state index in [1.165, 1.54) is 22.9 Å². The summed E-state index contributed by atoms with van der Waals surface area (Å²) >= 11 is 6.74. The van der Waals surface area contributed by atoms with Gasteiger partial charge in [0.2, 0.25) is 0 Å². The minimum atomic E-state index is -0.842. The van der Waals surface area contributed by atoms with Gasteiger partial charge >= 0.3 is 5.97 Å². The van der Waals surface area contributed by atoms with Crippen molar-refractivity contribution in [2.75, 3.05) is 24.2 Å². The molecular formula is C21H28N2O3S2. The fraction of sp³-hybridized carbons (Fsp3) is 0.571. The molecule has 28 heavy (non-hydrogen) atoms. The lowest BCUT2D eigenvalue weighted by molar-refractivity contribution is -0.150. The third kappa shape index (κ3) is 5.70. The molecule has 0 unspecified atom stereocenters. The summed E-state index contributed by atoms with van der Waals surface area (Å²) in [6, 6.07) is 5.99. The number of hydrogen-bond acceptors (Lipinski definition) is 5. The van der Waals surface area contributed by atoms with Crippen LogP contribution in [-0.4, -0.2) is 46.0 Å². The third-order valence-corrected chi connectivity index (χ3v) is 6.90. The Kier molecular flexibility index (Phi) is 7.35. The van der Waals surface area contributed by atoms with Crippen molar-refractivity contribution in [1.82, 2.24) is 4.90 Å². The second kappa shape index (κ2) is 9.74. The normalized spacial score (nSPS) is 17.7. The first-order valence-electron chi connectivity index (χ1n) is 9.96. The van der Waals surface area contributed by atoms with E-state index >= 15 is 0 Å². The molecule has 1 atom stereocenters. The van der Waals surface area contributed by atoms with E-state index in [2.05, 4.69) is 23.2 Å². The molecule has 0 spiro atoms. The first-order valence-corrected chi connectivity index (χ1v) is 11.4. The number of thiocarbonyl (C=S) groups is 1. The highest BCUT2D eigenvalue weighted by atomic mass is 32.2. The molecule has 1 aromatic rings. The van der Waals surface area contributed by atoms with Crippen molar-refractivity contribution in [2.45, 2.75) is 52.1 Å². The van der Waals surface area contributed by atoms with Gasteiger partial charge in [0.25, 0.3) is 5.91 Å². The molecule has 0 aromatic heterocycles. The van der Waals surface area contributed by atoms with E-state index < -0.39 is 12.1 Å². The second-order valence-electron chi connectivity index (χ2n) is 7.68. The Balaban J connectivity index is 1.41. The maximum absolute atomic E-state index is 12.3. The van der Waals surface area contributed by atoms with E-state index in [9.17, 15) is 9.59 Å². The van der Waals surface area contributed by atoms with Gasteiger partial charge in [0.05, 0.1) is 5.75 Å². The van der Waals surface area contributed by atoms with Crippen molar-refractivity contribution in [3.8, 4) is 0 Å². The van der Waals surface area contributed by atoms with E-state index in [0.717, 1.165) is 61.1 Å². The molecule has 1 amide bonds. The second-order valence-corrected chi connectivity index (χ2v) is 9.29. The summed E-state index contributed by atoms with van der Waals surface area (Å²) in [5.74, 6) is 0.124. The van der Waals surface area contributed by atoms with Crippen LogP contribution in [0.15, 0.2) is 18.2 Å². The van der Waals surface area contributed by atoms with Crippen molar-refractivity contribution < 1.29 is 14.3 Å². The average Bonchev–Trinajstić information content (AvgIpc) is 3.14. The standard InChI is InChI=1S/C21H28N2O3S2/c1-14-8-10-23(11-9-14)21(27)28-13-19(24)26-15(2)20(25)22-18-7-6-16-4-3-5-17(16)12-18/h6-7,12,14-15H,3-5,8-11,13H2,1-2H3,(H,22,25)/t15-/m1/s1. The number of aryl methyl sites for hydroxylation is 2. The van der Waals surface area contributed by atoms with Crippen LogP contribution in [0.4, 0.5) is 5.69 Å². The first-order chi connectivity index (χ1) is 13.4. The number of carbonyl (C=O) groups is 2. The molecular weight excluding hydrogens is 392 g/mol. The van der Waals surface area contributed by atoms with Gasteiger partial charge in [-0.1, -0.05) is 37.0 Å². The molecule has 1 aromatic carbocycles.